The Bertz CT molecular complexity index is 1110. The third kappa shape index (κ3) is 2.76. The molecular weight excluding hydrogens is 358 g/mol. The first-order valence-corrected chi connectivity index (χ1v) is 9.57. The number of carboxylic acids is 1. The Hall–Kier alpha value is -3.16. The maximum Gasteiger partial charge on any atom is 0.356 e. The van der Waals surface area contributed by atoms with Gasteiger partial charge in [-0.3, -0.25) is 9.48 Å². The Morgan fingerprint density at radius 2 is 2.14 bits per heavy atom. The second kappa shape index (κ2) is 6.19. The summed E-state index contributed by atoms with van der Waals surface area (Å²) < 4.78 is 1.86. The Morgan fingerprint density at radius 3 is 2.89 bits per heavy atom. The fourth-order valence-electron chi connectivity index (χ4n) is 4.03. The van der Waals surface area contributed by atoms with E-state index < -0.39 is 5.97 Å². The van der Waals surface area contributed by atoms with Crippen LogP contribution >= 0.6 is 0 Å². The van der Waals surface area contributed by atoms with Crippen LogP contribution in [-0.2, 0) is 19.5 Å². The van der Waals surface area contributed by atoms with Crippen LogP contribution in [0.3, 0.4) is 0 Å². The molecule has 0 radical (unpaired) electrons. The number of aryl methyl sites for hydroxylation is 1. The van der Waals surface area contributed by atoms with Crippen LogP contribution in [0, 0.1) is 12.8 Å². The number of carbonyl (C=O) groups excluding carboxylic acids is 1. The third-order valence-electron chi connectivity index (χ3n) is 5.61. The van der Waals surface area contributed by atoms with Gasteiger partial charge in [-0.2, -0.15) is 5.10 Å². The first-order valence-electron chi connectivity index (χ1n) is 9.57. The molecule has 1 aromatic carbocycles. The normalized spacial score (nSPS) is 16.4. The van der Waals surface area contributed by atoms with E-state index in [2.05, 4.69) is 15.1 Å². The number of carboxylic acid groups (broad SMARTS) is 1. The fraction of sp³-hybridized carbons (Fsp3) is 0.400. The van der Waals surface area contributed by atoms with E-state index in [4.69, 9.17) is 0 Å². The van der Waals surface area contributed by atoms with Gasteiger partial charge < -0.3 is 15.0 Å². The summed E-state index contributed by atoms with van der Waals surface area (Å²) in [6.45, 7) is 3.44. The molecular formula is C20H21N5O3. The van der Waals surface area contributed by atoms with E-state index in [-0.39, 0.29) is 18.1 Å². The predicted octanol–water partition coefficient (Wildman–Crippen LogP) is 2.37. The number of rotatable bonds is 4. The van der Waals surface area contributed by atoms with Crippen LogP contribution in [0.2, 0.25) is 0 Å². The van der Waals surface area contributed by atoms with Crippen molar-refractivity contribution in [3.8, 4) is 0 Å². The number of para-hydroxylation sites is 1. The second-order valence-electron chi connectivity index (χ2n) is 7.71. The van der Waals surface area contributed by atoms with Crippen molar-refractivity contribution < 1.29 is 14.7 Å². The number of hydrogen-bond acceptors (Lipinski definition) is 4. The molecule has 2 N–H and O–H groups in total. The van der Waals surface area contributed by atoms with Crippen LogP contribution in [0.15, 0.2) is 18.2 Å². The Balaban J connectivity index is 1.48. The Morgan fingerprint density at radius 1 is 1.32 bits per heavy atom. The van der Waals surface area contributed by atoms with Crippen LogP contribution < -0.4 is 0 Å². The molecule has 28 heavy (non-hydrogen) atoms. The molecule has 1 aliphatic heterocycles. The molecule has 1 fully saturated rings. The number of benzene rings is 1. The second-order valence-corrected chi connectivity index (χ2v) is 7.71. The van der Waals surface area contributed by atoms with Gasteiger partial charge in [-0.05, 0) is 37.8 Å². The molecule has 2 aliphatic rings. The standard InChI is InChI=1S/C20H21N5O3/c1-11-21-15-4-2-3-13(17(15)22-11)19(26)24-8-7-16-14(10-24)18(20(27)28)23-25(16)9-12-5-6-12/h2-4,12H,5-10H2,1H3,(H,21,22)(H,27,28). The monoisotopic (exact) mass is 379 g/mol. The first-order chi connectivity index (χ1) is 13.5. The summed E-state index contributed by atoms with van der Waals surface area (Å²) >= 11 is 0. The maximum atomic E-state index is 13.2. The van der Waals surface area contributed by atoms with Crippen molar-refractivity contribution in [1.29, 1.82) is 0 Å². The van der Waals surface area contributed by atoms with E-state index in [1.54, 1.807) is 11.0 Å². The number of nitrogens with zero attached hydrogens (tertiary/aromatic N) is 4. The van der Waals surface area contributed by atoms with Gasteiger partial charge >= 0.3 is 5.97 Å². The number of aromatic nitrogens is 4. The topological polar surface area (TPSA) is 104 Å². The summed E-state index contributed by atoms with van der Waals surface area (Å²) in [5.74, 6) is 0.190. The lowest BCUT2D eigenvalue weighted by Crippen LogP contribution is -2.37. The van der Waals surface area contributed by atoms with E-state index in [1.807, 2.05) is 23.7 Å². The van der Waals surface area contributed by atoms with Gasteiger partial charge in [0.05, 0.1) is 17.6 Å². The molecule has 3 heterocycles. The van der Waals surface area contributed by atoms with Crippen LogP contribution in [-0.4, -0.2) is 48.2 Å². The van der Waals surface area contributed by atoms with Crippen molar-refractivity contribution in [2.75, 3.05) is 6.54 Å². The van der Waals surface area contributed by atoms with Gasteiger partial charge in [-0.1, -0.05) is 6.07 Å². The Kier molecular flexibility index (Phi) is 3.75. The smallest absolute Gasteiger partial charge is 0.356 e. The highest BCUT2D eigenvalue weighted by Gasteiger charge is 2.33. The summed E-state index contributed by atoms with van der Waals surface area (Å²) in [6.07, 6.45) is 2.97. The predicted molar refractivity (Wildman–Crippen MR) is 101 cm³/mol. The van der Waals surface area contributed by atoms with Crippen LogP contribution in [0.5, 0.6) is 0 Å². The molecule has 1 amide bonds. The van der Waals surface area contributed by atoms with Gasteiger partial charge in [-0.15, -0.1) is 0 Å². The number of hydrogen-bond donors (Lipinski definition) is 2. The molecule has 2 aromatic heterocycles. The van der Waals surface area contributed by atoms with E-state index in [0.717, 1.165) is 23.6 Å². The number of carbonyl (C=O) groups is 2. The molecule has 1 aliphatic carbocycles. The van der Waals surface area contributed by atoms with Crippen LogP contribution in [0.25, 0.3) is 11.0 Å². The zero-order chi connectivity index (χ0) is 19.4. The highest BCUT2D eigenvalue weighted by molar-refractivity contribution is 6.05. The van der Waals surface area contributed by atoms with E-state index in [9.17, 15) is 14.7 Å². The number of fused-ring (bicyclic) bond motifs is 2. The molecule has 0 spiro atoms. The zero-order valence-corrected chi connectivity index (χ0v) is 15.6. The minimum atomic E-state index is -1.04. The summed E-state index contributed by atoms with van der Waals surface area (Å²) in [7, 11) is 0. The van der Waals surface area contributed by atoms with Crippen molar-refractivity contribution in [2.24, 2.45) is 5.92 Å². The quantitative estimate of drug-likeness (QED) is 0.724. The number of imidazole rings is 1. The number of aromatic amines is 1. The lowest BCUT2D eigenvalue weighted by Gasteiger charge is -2.28. The lowest BCUT2D eigenvalue weighted by atomic mass is 10.0. The van der Waals surface area contributed by atoms with Gasteiger partial charge in [0.1, 0.15) is 11.3 Å². The van der Waals surface area contributed by atoms with E-state index >= 15 is 0 Å². The largest absolute Gasteiger partial charge is 0.476 e. The molecule has 8 nitrogen and oxygen atoms in total. The minimum absolute atomic E-state index is 0.0713. The number of amides is 1. The van der Waals surface area contributed by atoms with Gasteiger partial charge in [-0.25, -0.2) is 9.78 Å². The number of aromatic carboxylic acids is 1. The molecule has 0 saturated heterocycles. The minimum Gasteiger partial charge on any atom is -0.476 e. The number of H-pyrrole nitrogens is 1. The van der Waals surface area contributed by atoms with Crippen LogP contribution in [0.4, 0.5) is 0 Å². The molecule has 3 aromatic rings. The lowest BCUT2D eigenvalue weighted by molar-refractivity contribution is 0.0674. The van der Waals surface area contributed by atoms with Gasteiger partial charge in [0.25, 0.3) is 5.91 Å². The van der Waals surface area contributed by atoms with Gasteiger partial charge in [0, 0.05) is 30.8 Å². The maximum absolute atomic E-state index is 13.2. The highest BCUT2D eigenvalue weighted by Crippen LogP contribution is 2.33. The highest BCUT2D eigenvalue weighted by atomic mass is 16.4. The summed E-state index contributed by atoms with van der Waals surface area (Å²) in [5, 5.41) is 13.9. The Labute approximate surface area is 161 Å². The average Bonchev–Trinajstić information content (AvgIpc) is 3.29. The van der Waals surface area contributed by atoms with Crippen molar-refractivity contribution in [2.45, 2.75) is 39.3 Å². The molecule has 8 heteroatoms. The molecule has 0 unspecified atom stereocenters. The average molecular weight is 379 g/mol. The fourth-order valence-corrected chi connectivity index (χ4v) is 4.03. The zero-order valence-electron chi connectivity index (χ0n) is 15.6. The van der Waals surface area contributed by atoms with Crippen molar-refractivity contribution in [3.63, 3.8) is 0 Å². The SMILES string of the molecule is Cc1nc2c(C(=O)N3CCc4c(c(C(=O)O)nn4CC4CC4)C3)cccc2[nH]1. The number of nitrogens with one attached hydrogen (secondary N) is 1. The van der Waals surface area contributed by atoms with Crippen molar-refractivity contribution in [3.05, 3.63) is 46.5 Å². The van der Waals surface area contributed by atoms with Crippen molar-refractivity contribution >= 4 is 22.9 Å². The molecule has 0 bridgehead atoms. The molecule has 5 rings (SSSR count). The first kappa shape index (κ1) is 17.0. The van der Waals surface area contributed by atoms with E-state index in [1.165, 1.54) is 12.8 Å². The molecule has 144 valence electrons. The van der Waals surface area contributed by atoms with Gasteiger partial charge in [0.15, 0.2) is 5.69 Å². The third-order valence-corrected chi connectivity index (χ3v) is 5.61. The van der Waals surface area contributed by atoms with Crippen molar-refractivity contribution in [1.82, 2.24) is 24.6 Å². The van der Waals surface area contributed by atoms with Gasteiger partial charge in [0.2, 0.25) is 0 Å². The van der Waals surface area contributed by atoms with Crippen LogP contribution in [0.1, 0.15) is 50.8 Å². The van der Waals surface area contributed by atoms with E-state index in [0.29, 0.717) is 35.5 Å². The summed E-state index contributed by atoms with van der Waals surface area (Å²) in [4.78, 5) is 34.2. The summed E-state index contributed by atoms with van der Waals surface area (Å²) in [5.41, 5.74) is 3.71. The molecule has 1 saturated carbocycles. The molecule has 0 atom stereocenters. The summed E-state index contributed by atoms with van der Waals surface area (Å²) in [6, 6.07) is 5.50.